The minimum absolute atomic E-state index is 0.0694. The highest BCUT2D eigenvalue weighted by atomic mass is 19.3. The standard InChI is InChI=1S/C9H8F2N2/c1-6-2-3-7(4-5-12)13-8(6)9(10)11/h2-3,9H,4H2,1H3. The molecule has 0 fully saturated rings. The van der Waals surface area contributed by atoms with Gasteiger partial charge in [0, 0.05) is 0 Å². The second kappa shape index (κ2) is 3.94. The molecule has 4 heteroatoms. The van der Waals surface area contributed by atoms with Crippen LogP contribution in [0.1, 0.15) is 23.4 Å². The van der Waals surface area contributed by atoms with Gasteiger partial charge in [-0.15, -0.1) is 0 Å². The second-order valence-electron chi connectivity index (χ2n) is 2.64. The molecule has 0 amide bonds. The summed E-state index contributed by atoms with van der Waals surface area (Å²) in [4.78, 5) is 3.69. The molecule has 0 spiro atoms. The minimum atomic E-state index is -2.57. The smallest absolute Gasteiger partial charge is 0.250 e. The summed E-state index contributed by atoms with van der Waals surface area (Å²) in [6, 6.07) is 5.01. The summed E-state index contributed by atoms with van der Waals surface area (Å²) < 4.78 is 24.6. The first-order chi connectivity index (χ1) is 6.15. The van der Waals surface area contributed by atoms with E-state index in [1.165, 1.54) is 0 Å². The first-order valence-corrected chi connectivity index (χ1v) is 3.76. The van der Waals surface area contributed by atoms with Gasteiger partial charge in [-0.25, -0.2) is 8.78 Å². The number of pyridine rings is 1. The Labute approximate surface area is 74.8 Å². The third-order valence-corrected chi connectivity index (χ3v) is 1.66. The summed E-state index contributed by atoms with van der Waals surface area (Å²) in [7, 11) is 0. The molecule has 0 radical (unpaired) electrons. The van der Waals surface area contributed by atoms with Crippen LogP contribution >= 0.6 is 0 Å². The minimum Gasteiger partial charge on any atom is -0.250 e. The zero-order chi connectivity index (χ0) is 9.84. The lowest BCUT2D eigenvalue weighted by atomic mass is 10.2. The highest BCUT2D eigenvalue weighted by Gasteiger charge is 2.12. The van der Waals surface area contributed by atoms with E-state index in [0.29, 0.717) is 11.3 Å². The summed E-state index contributed by atoms with van der Waals surface area (Å²) in [6.45, 7) is 1.57. The van der Waals surface area contributed by atoms with Crippen molar-refractivity contribution in [2.45, 2.75) is 19.8 Å². The number of hydrogen-bond donors (Lipinski definition) is 0. The van der Waals surface area contributed by atoms with Gasteiger partial charge in [0.1, 0.15) is 5.69 Å². The lowest BCUT2D eigenvalue weighted by Gasteiger charge is -2.04. The van der Waals surface area contributed by atoms with Gasteiger partial charge in [0.15, 0.2) is 0 Å². The molecule has 0 aliphatic heterocycles. The Morgan fingerprint density at radius 3 is 2.77 bits per heavy atom. The second-order valence-corrected chi connectivity index (χ2v) is 2.64. The van der Waals surface area contributed by atoms with Gasteiger partial charge in [0.2, 0.25) is 0 Å². The number of halogens is 2. The quantitative estimate of drug-likeness (QED) is 0.704. The van der Waals surface area contributed by atoms with Gasteiger partial charge in [-0.3, -0.25) is 4.98 Å². The fourth-order valence-corrected chi connectivity index (χ4v) is 0.987. The van der Waals surface area contributed by atoms with Crippen molar-refractivity contribution in [2.75, 3.05) is 0 Å². The van der Waals surface area contributed by atoms with E-state index in [1.807, 2.05) is 6.07 Å². The van der Waals surface area contributed by atoms with E-state index in [0.717, 1.165) is 0 Å². The van der Waals surface area contributed by atoms with E-state index < -0.39 is 6.43 Å². The number of rotatable bonds is 2. The Balaban J connectivity index is 3.05. The number of alkyl halides is 2. The van der Waals surface area contributed by atoms with Crippen LogP contribution in [0.15, 0.2) is 12.1 Å². The summed E-state index contributed by atoms with van der Waals surface area (Å²) in [5.74, 6) is 0. The Bertz CT molecular complexity index is 342. The molecule has 68 valence electrons. The molecule has 0 aliphatic rings. The number of aromatic nitrogens is 1. The summed E-state index contributed by atoms with van der Waals surface area (Å²) >= 11 is 0. The highest BCUT2D eigenvalue weighted by molar-refractivity contribution is 5.23. The predicted molar refractivity (Wildman–Crippen MR) is 43.2 cm³/mol. The van der Waals surface area contributed by atoms with Crippen LogP contribution in [0.4, 0.5) is 8.78 Å². The summed E-state index contributed by atoms with van der Waals surface area (Å²) in [5.41, 5.74) is 0.618. The molecule has 0 aromatic carbocycles. The molecule has 1 heterocycles. The molecule has 13 heavy (non-hydrogen) atoms. The monoisotopic (exact) mass is 182 g/mol. The van der Waals surface area contributed by atoms with Crippen molar-refractivity contribution in [2.24, 2.45) is 0 Å². The number of nitrogens with zero attached hydrogens (tertiary/aromatic N) is 2. The first-order valence-electron chi connectivity index (χ1n) is 3.76. The Hall–Kier alpha value is -1.50. The van der Waals surface area contributed by atoms with Gasteiger partial charge >= 0.3 is 0 Å². The molecule has 1 aromatic rings. The molecule has 0 bridgehead atoms. The van der Waals surface area contributed by atoms with Crippen LogP contribution in [0, 0.1) is 18.3 Å². The Morgan fingerprint density at radius 1 is 1.54 bits per heavy atom. The largest absolute Gasteiger partial charge is 0.280 e. The Morgan fingerprint density at radius 2 is 2.23 bits per heavy atom. The number of hydrogen-bond acceptors (Lipinski definition) is 2. The Kier molecular flexibility index (Phi) is 2.91. The van der Waals surface area contributed by atoms with Gasteiger partial charge < -0.3 is 0 Å². The third-order valence-electron chi connectivity index (χ3n) is 1.66. The van der Waals surface area contributed by atoms with Crippen LogP contribution in [0.25, 0.3) is 0 Å². The number of aryl methyl sites for hydroxylation is 1. The SMILES string of the molecule is Cc1ccc(CC#N)nc1C(F)F. The summed E-state index contributed by atoms with van der Waals surface area (Å²) in [5, 5.41) is 8.34. The zero-order valence-corrected chi connectivity index (χ0v) is 7.09. The maximum Gasteiger partial charge on any atom is 0.280 e. The fourth-order valence-electron chi connectivity index (χ4n) is 0.987. The molecule has 0 unspecified atom stereocenters. The number of nitriles is 1. The normalized spacial score (nSPS) is 10.1. The first kappa shape index (κ1) is 9.59. The van der Waals surface area contributed by atoms with Gasteiger partial charge in [0.25, 0.3) is 6.43 Å². The van der Waals surface area contributed by atoms with Gasteiger partial charge in [-0.2, -0.15) is 5.26 Å². The van der Waals surface area contributed by atoms with Gasteiger partial charge in [0.05, 0.1) is 18.2 Å². The van der Waals surface area contributed by atoms with Gasteiger partial charge in [-0.1, -0.05) is 6.07 Å². The molecule has 0 saturated carbocycles. The van der Waals surface area contributed by atoms with Crippen molar-refractivity contribution in [3.8, 4) is 6.07 Å². The van der Waals surface area contributed by atoms with E-state index in [4.69, 9.17) is 5.26 Å². The van der Waals surface area contributed by atoms with Crippen LogP contribution in [-0.4, -0.2) is 4.98 Å². The van der Waals surface area contributed by atoms with Crippen molar-refractivity contribution < 1.29 is 8.78 Å². The topological polar surface area (TPSA) is 36.7 Å². The van der Waals surface area contributed by atoms with E-state index in [9.17, 15) is 8.78 Å². The molecule has 0 N–H and O–H groups in total. The molecule has 2 nitrogen and oxygen atoms in total. The lowest BCUT2D eigenvalue weighted by Crippen LogP contribution is -1.98. The van der Waals surface area contributed by atoms with E-state index in [-0.39, 0.29) is 12.1 Å². The predicted octanol–water partition coefficient (Wildman–Crippen LogP) is 2.39. The van der Waals surface area contributed by atoms with Crippen LogP contribution in [0.5, 0.6) is 0 Å². The maximum absolute atomic E-state index is 12.3. The van der Waals surface area contributed by atoms with Crippen LogP contribution in [0.2, 0.25) is 0 Å². The van der Waals surface area contributed by atoms with E-state index >= 15 is 0 Å². The van der Waals surface area contributed by atoms with Crippen molar-refractivity contribution in [1.29, 1.82) is 5.26 Å². The summed E-state index contributed by atoms with van der Waals surface area (Å²) in [6.07, 6.45) is -2.50. The molecule has 0 aliphatic carbocycles. The fraction of sp³-hybridized carbons (Fsp3) is 0.333. The molecule has 1 rings (SSSR count). The average Bonchev–Trinajstić information content (AvgIpc) is 2.08. The molecule has 0 saturated heterocycles. The maximum atomic E-state index is 12.3. The van der Waals surface area contributed by atoms with Crippen LogP contribution in [-0.2, 0) is 6.42 Å². The van der Waals surface area contributed by atoms with Crippen LogP contribution < -0.4 is 0 Å². The molecular weight excluding hydrogens is 174 g/mol. The third kappa shape index (κ3) is 2.22. The molecule has 0 atom stereocenters. The van der Waals surface area contributed by atoms with Gasteiger partial charge in [-0.05, 0) is 18.6 Å². The van der Waals surface area contributed by atoms with E-state index in [1.54, 1.807) is 19.1 Å². The van der Waals surface area contributed by atoms with E-state index in [2.05, 4.69) is 4.98 Å². The van der Waals surface area contributed by atoms with Crippen molar-refractivity contribution in [3.63, 3.8) is 0 Å². The van der Waals surface area contributed by atoms with Crippen molar-refractivity contribution >= 4 is 0 Å². The highest BCUT2D eigenvalue weighted by Crippen LogP contribution is 2.20. The van der Waals surface area contributed by atoms with Crippen molar-refractivity contribution in [3.05, 3.63) is 29.1 Å². The average molecular weight is 182 g/mol. The van der Waals surface area contributed by atoms with Crippen LogP contribution in [0.3, 0.4) is 0 Å². The zero-order valence-electron chi connectivity index (χ0n) is 7.09. The molecular formula is C9H8F2N2. The van der Waals surface area contributed by atoms with Crippen molar-refractivity contribution in [1.82, 2.24) is 4.98 Å². The lowest BCUT2D eigenvalue weighted by molar-refractivity contribution is 0.145. The molecule has 1 aromatic heterocycles.